The molecule has 20 heavy (non-hydrogen) atoms. The van der Waals surface area contributed by atoms with Gasteiger partial charge in [0, 0.05) is 25.9 Å². The van der Waals surface area contributed by atoms with Crippen molar-refractivity contribution < 1.29 is 13.2 Å². The molecular formula is C10H12F3N7. The molecule has 0 aliphatic rings. The Morgan fingerprint density at radius 3 is 2.70 bits per heavy atom. The highest BCUT2D eigenvalue weighted by Gasteiger charge is 2.33. The molecule has 0 aromatic carbocycles. The topological polar surface area (TPSA) is 80.5 Å². The summed E-state index contributed by atoms with van der Waals surface area (Å²) in [6, 6.07) is 0.863. The van der Waals surface area contributed by atoms with Gasteiger partial charge in [-0.3, -0.25) is 4.68 Å². The monoisotopic (exact) mass is 287 g/mol. The molecule has 0 aliphatic heterocycles. The second kappa shape index (κ2) is 5.72. The molecule has 0 radical (unpaired) electrons. The van der Waals surface area contributed by atoms with Crippen LogP contribution in [0.25, 0.3) is 0 Å². The van der Waals surface area contributed by atoms with Crippen LogP contribution in [0.4, 0.5) is 24.9 Å². The number of anilines is 2. The Kier molecular flexibility index (Phi) is 4.01. The molecule has 2 aromatic heterocycles. The number of rotatable bonds is 5. The lowest BCUT2D eigenvalue weighted by Crippen LogP contribution is -2.15. The summed E-state index contributed by atoms with van der Waals surface area (Å²) in [5, 5.41) is 12.6. The number of alkyl halides is 3. The molecule has 0 spiro atoms. The number of hydrogen-bond acceptors (Lipinski definition) is 6. The highest BCUT2D eigenvalue weighted by molar-refractivity contribution is 5.42. The molecule has 0 atom stereocenters. The second-order valence-electron chi connectivity index (χ2n) is 3.80. The van der Waals surface area contributed by atoms with Crippen molar-refractivity contribution in [2.75, 3.05) is 24.2 Å². The van der Waals surface area contributed by atoms with Crippen molar-refractivity contribution in [1.29, 1.82) is 0 Å². The highest BCUT2D eigenvalue weighted by atomic mass is 19.4. The fraction of sp³-hybridized carbons (Fsp3) is 0.400. The minimum Gasteiger partial charge on any atom is -0.368 e. The maximum Gasteiger partial charge on any atom is 0.433 e. The first-order valence-corrected chi connectivity index (χ1v) is 5.71. The summed E-state index contributed by atoms with van der Waals surface area (Å²) >= 11 is 0. The first kappa shape index (κ1) is 14.0. The summed E-state index contributed by atoms with van der Waals surface area (Å²) in [6.45, 7) is 0.821. The predicted molar refractivity (Wildman–Crippen MR) is 65.1 cm³/mol. The Balaban J connectivity index is 2.06. The number of nitrogens with zero attached hydrogens (tertiary/aromatic N) is 5. The quantitative estimate of drug-likeness (QED) is 0.861. The van der Waals surface area contributed by atoms with Crippen LogP contribution >= 0.6 is 0 Å². The molecule has 2 N–H and O–H groups in total. The molecule has 108 valence electrons. The van der Waals surface area contributed by atoms with Gasteiger partial charge in [-0.1, -0.05) is 5.21 Å². The van der Waals surface area contributed by atoms with E-state index in [0.29, 0.717) is 13.1 Å². The van der Waals surface area contributed by atoms with Crippen molar-refractivity contribution >= 4 is 11.8 Å². The molecule has 10 heteroatoms. The van der Waals surface area contributed by atoms with Gasteiger partial charge < -0.3 is 10.6 Å². The molecular weight excluding hydrogens is 275 g/mol. The van der Waals surface area contributed by atoms with Crippen molar-refractivity contribution in [2.45, 2.75) is 12.7 Å². The van der Waals surface area contributed by atoms with E-state index in [1.54, 1.807) is 10.9 Å². The maximum absolute atomic E-state index is 12.7. The zero-order valence-electron chi connectivity index (χ0n) is 10.5. The Hall–Kier alpha value is -2.39. The Morgan fingerprint density at radius 1 is 1.30 bits per heavy atom. The number of hydrogen-bond donors (Lipinski definition) is 2. The Morgan fingerprint density at radius 2 is 2.10 bits per heavy atom. The van der Waals surface area contributed by atoms with Crippen LogP contribution in [0.5, 0.6) is 0 Å². The lowest BCUT2D eigenvalue weighted by Gasteiger charge is -2.11. The van der Waals surface area contributed by atoms with Crippen LogP contribution in [0.15, 0.2) is 18.5 Å². The van der Waals surface area contributed by atoms with Crippen molar-refractivity contribution in [2.24, 2.45) is 0 Å². The van der Waals surface area contributed by atoms with E-state index in [1.807, 2.05) is 0 Å². The lowest BCUT2D eigenvalue weighted by atomic mass is 10.3. The third-order valence-corrected chi connectivity index (χ3v) is 2.36. The Bertz CT molecular complexity index is 552. The summed E-state index contributed by atoms with van der Waals surface area (Å²) in [5.41, 5.74) is -1.000. The van der Waals surface area contributed by atoms with Gasteiger partial charge in [0.25, 0.3) is 0 Å². The summed E-state index contributed by atoms with van der Waals surface area (Å²) in [4.78, 5) is 7.27. The van der Waals surface area contributed by atoms with E-state index in [-0.39, 0.29) is 11.8 Å². The minimum absolute atomic E-state index is 0.0943. The van der Waals surface area contributed by atoms with Crippen LogP contribution in [0, 0.1) is 0 Å². The van der Waals surface area contributed by atoms with Crippen LogP contribution in [0.3, 0.4) is 0 Å². The Labute approximate surface area is 112 Å². The highest BCUT2D eigenvalue weighted by Crippen LogP contribution is 2.29. The fourth-order valence-electron chi connectivity index (χ4n) is 1.45. The van der Waals surface area contributed by atoms with Gasteiger partial charge >= 0.3 is 6.18 Å². The molecule has 0 unspecified atom stereocenters. The summed E-state index contributed by atoms with van der Waals surface area (Å²) < 4.78 is 39.5. The van der Waals surface area contributed by atoms with E-state index in [4.69, 9.17) is 0 Å². The normalized spacial score (nSPS) is 11.4. The molecule has 7 nitrogen and oxygen atoms in total. The van der Waals surface area contributed by atoms with Crippen molar-refractivity contribution in [1.82, 2.24) is 25.0 Å². The van der Waals surface area contributed by atoms with Gasteiger partial charge in [0.15, 0.2) is 5.69 Å². The summed E-state index contributed by atoms with van der Waals surface area (Å²) in [6.07, 6.45) is -1.34. The van der Waals surface area contributed by atoms with Gasteiger partial charge in [0.05, 0.1) is 12.7 Å². The average molecular weight is 287 g/mol. The number of aromatic nitrogens is 5. The van der Waals surface area contributed by atoms with Gasteiger partial charge in [-0.2, -0.15) is 18.2 Å². The van der Waals surface area contributed by atoms with E-state index in [9.17, 15) is 13.2 Å². The SMILES string of the molecule is CNc1nc(NCCn2ccnn2)cc(C(F)(F)F)n1. The van der Waals surface area contributed by atoms with E-state index >= 15 is 0 Å². The second-order valence-corrected chi connectivity index (χ2v) is 3.80. The van der Waals surface area contributed by atoms with Gasteiger partial charge in [-0.25, -0.2) is 4.98 Å². The molecule has 2 rings (SSSR count). The smallest absolute Gasteiger partial charge is 0.368 e. The van der Waals surface area contributed by atoms with Crippen molar-refractivity contribution in [3.8, 4) is 0 Å². The molecule has 0 bridgehead atoms. The third-order valence-electron chi connectivity index (χ3n) is 2.36. The van der Waals surface area contributed by atoms with Gasteiger partial charge in [0.2, 0.25) is 5.95 Å². The van der Waals surface area contributed by atoms with Gasteiger partial charge in [-0.05, 0) is 0 Å². The molecule has 2 heterocycles. The molecule has 0 saturated carbocycles. The predicted octanol–water partition coefficient (Wildman–Crippen LogP) is 1.24. The lowest BCUT2D eigenvalue weighted by molar-refractivity contribution is -0.141. The third kappa shape index (κ3) is 3.56. The molecule has 2 aromatic rings. The zero-order valence-corrected chi connectivity index (χ0v) is 10.5. The number of nitrogens with one attached hydrogen (secondary N) is 2. The van der Waals surface area contributed by atoms with Crippen LogP contribution in [0.2, 0.25) is 0 Å². The van der Waals surface area contributed by atoms with Crippen molar-refractivity contribution in [3.05, 3.63) is 24.2 Å². The first-order chi connectivity index (χ1) is 9.49. The summed E-state index contributed by atoms with van der Waals surface area (Å²) in [5.74, 6) is -0.000119. The van der Waals surface area contributed by atoms with E-state index in [1.165, 1.54) is 13.2 Å². The van der Waals surface area contributed by atoms with Crippen LogP contribution < -0.4 is 10.6 Å². The molecule has 0 amide bonds. The molecule has 0 saturated heterocycles. The van der Waals surface area contributed by atoms with Crippen molar-refractivity contribution in [3.63, 3.8) is 0 Å². The van der Waals surface area contributed by atoms with Gasteiger partial charge in [-0.15, -0.1) is 5.10 Å². The molecule has 0 aliphatic carbocycles. The van der Waals surface area contributed by atoms with Gasteiger partial charge in [0.1, 0.15) is 5.82 Å². The average Bonchev–Trinajstić information content (AvgIpc) is 2.90. The minimum atomic E-state index is -4.52. The fourth-order valence-corrected chi connectivity index (χ4v) is 1.45. The largest absolute Gasteiger partial charge is 0.433 e. The van der Waals surface area contributed by atoms with E-state index in [2.05, 4.69) is 30.9 Å². The van der Waals surface area contributed by atoms with Crippen LogP contribution in [0.1, 0.15) is 5.69 Å². The van der Waals surface area contributed by atoms with Crippen LogP contribution in [-0.4, -0.2) is 38.6 Å². The molecule has 0 fully saturated rings. The zero-order chi connectivity index (χ0) is 14.6. The van der Waals surface area contributed by atoms with E-state index in [0.717, 1.165) is 6.07 Å². The first-order valence-electron chi connectivity index (χ1n) is 5.71. The van der Waals surface area contributed by atoms with Crippen LogP contribution in [-0.2, 0) is 12.7 Å². The van der Waals surface area contributed by atoms with E-state index < -0.39 is 11.9 Å². The maximum atomic E-state index is 12.7. The standard InChI is InChI=1S/C10H12F3N7/c1-14-9-17-7(10(11,12)13)6-8(18-9)15-2-4-20-5-3-16-19-20/h3,5-6H,2,4H2,1H3,(H2,14,15,17,18). The summed E-state index contributed by atoms with van der Waals surface area (Å²) in [7, 11) is 1.45. The number of halogens is 3.